The van der Waals surface area contributed by atoms with E-state index < -0.39 is 33.7 Å². The molecule has 0 amide bonds. The van der Waals surface area contributed by atoms with Crippen LogP contribution in [0.3, 0.4) is 0 Å². The van der Waals surface area contributed by atoms with Crippen molar-refractivity contribution in [1.82, 2.24) is 10.0 Å². The predicted molar refractivity (Wildman–Crippen MR) is 101 cm³/mol. The van der Waals surface area contributed by atoms with E-state index in [-0.39, 0.29) is 18.0 Å². The summed E-state index contributed by atoms with van der Waals surface area (Å²) in [6, 6.07) is 1.55. The summed E-state index contributed by atoms with van der Waals surface area (Å²) in [4.78, 5) is 0. The lowest BCUT2D eigenvalue weighted by molar-refractivity contribution is 0.183. The highest BCUT2D eigenvalue weighted by Crippen LogP contribution is 2.39. The maximum atomic E-state index is 15.2. The van der Waals surface area contributed by atoms with Crippen LogP contribution in [-0.4, -0.2) is 44.0 Å². The molecule has 1 fully saturated rings. The van der Waals surface area contributed by atoms with Gasteiger partial charge in [-0.05, 0) is 54.8 Å². The van der Waals surface area contributed by atoms with E-state index in [0.29, 0.717) is 28.3 Å². The molecule has 7 nitrogen and oxygen atoms in total. The van der Waals surface area contributed by atoms with Crippen LogP contribution in [0.4, 0.5) is 10.1 Å². The zero-order valence-electron chi connectivity index (χ0n) is 15.9. The number of phenols is 1. The molecular formula is C18H28FN3O4S. The summed E-state index contributed by atoms with van der Waals surface area (Å²) >= 11 is 0. The lowest BCUT2D eigenvalue weighted by Crippen LogP contribution is -2.37. The molecule has 1 aliphatic heterocycles. The minimum Gasteiger partial charge on any atom is -0.506 e. The second kappa shape index (κ2) is 7.20. The molecule has 1 aromatic carbocycles. The van der Waals surface area contributed by atoms with Crippen LogP contribution in [-0.2, 0) is 23.1 Å². The summed E-state index contributed by atoms with van der Waals surface area (Å²) in [7, 11) is -4.09. The number of hydrogen-bond acceptors (Lipinski definition) is 5. The number of aliphatic hydroxyl groups is 1. The molecule has 9 heteroatoms. The van der Waals surface area contributed by atoms with Gasteiger partial charge in [-0.15, -0.1) is 0 Å². The monoisotopic (exact) mass is 401 g/mol. The van der Waals surface area contributed by atoms with Gasteiger partial charge in [-0.1, -0.05) is 20.8 Å². The third-order valence-corrected chi connectivity index (χ3v) is 6.58. The van der Waals surface area contributed by atoms with Crippen LogP contribution in [0.2, 0.25) is 0 Å². The van der Waals surface area contributed by atoms with Gasteiger partial charge in [0.1, 0.15) is 17.7 Å². The molecule has 1 aromatic rings. The Hall–Kier alpha value is -1.42. The molecule has 0 radical (unpaired) electrons. The average molecular weight is 402 g/mol. The van der Waals surface area contributed by atoms with Crippen molar-refractivity contribution < 1.29 is 23.0 Å². The number of aryl methyl sites for hydroxylation is 1. The third-order valence-electron chi connectivity index (χ3n) is 5.10. The van der Waals surface area contributed by atoms with Crippen LogP contribution in [0.5, 0.6) is 5.75 Å². The fourth-order valence-electron chi connectivity index (χ4n) is 3.64. The first kappa shape index (κ1) is 20.3. The van der Waals surface area contributed by atoms with E-state index in [1.54, 1.807) is 0 Å². The van der Waals surface area contributed by atoms with Gasteiger partial charge in [-0.3, -0.25) is 0 Å². The first-order valence-electron chi connectivity index (χ1n) is 9.22. The molecule has 3 rings (SSSR count). The van der Waals surface area contributed by atoms with E-state index in [1.807, 2.05) is 4.72 Å². The van der Waals surface area contributed by atoms with Crippen LogP contribution in [0.1, 0.15) is 44.7 Å². The number of nitrogens with zero attached hydrogens (tertiary/aromatic N) is 1. The van der Waals surface area contributed by atoms with E-state index in [2.05, 4.69) is 26.1 Å². The Morgan fingerprint density at radius 3 is 2.70 bits per heavy atom. The number of benzene rings is 1. The third kappa shape index (κ3) is 4.37. The topological polar surface area (TPSA) is 102 Å². The van der Waals surface area contributed by atoms with Gasteiger partial charge in [0, 0.05) is 6.04 Å². The summed E-state index contributed by atoms with van der Waals surface area (Å²) in [5.74, 6) is -1.16. The van der Waals surface area contributed by atoms with Crippen molar-refractivity contribution in [3.63, 3.8) is 0 Å². The van der Waals surface area contributed by atoms with Gasteiger partial charge < -0.3 is 15.5 Å². The predicted octanol–water partition coefficient (Wildman–Crippen LogP) is 1.39. The number of phenolic OH excluding ortho intramolecular Hbond substituents is 1. The molecule has 2 unspecified atom stereocenters. The van der Waals surface area contributed by atoms with Crippen molar-refractivity contribution in [2.75, 3.05) is 17.4 Å². The number of β-amino-alcohol motifs (C(OH)–C–C–N with tert-alkyl or cyclic N) is 1. The second-order valence-electron chi connectivity index (χ2n) is 8.57. The van der Waals surface area contributed by atoms with E-state index in [4.69, 9.17) is 0 Å². The Kier molecular flexibility index (Phi) is 5.42. The van der Waals surface area contributed by atoms with Crippen molar-refractivity contribution in [1.29, 1.82) is 0 Å². The standard InChI is InChI=1S/C18H28FN3O4S/c1-18(2,3)6-7-20-12-5-4-11-8-14(23)17(16(19)13(11)9-12)22-10-15(24)21-27(22,25)26/h8,12,15,20-21,23-24H,4-7,9-10H2,1-3H3. The molecule has 4 N–H and O–H groups in total. The highest BCUT2D eigenvalue weighted by atomic mass is 32.2. The molecule has 2 atom stereocenters. The fourth-order valence-corrected chi connectivity index (χ4v) is 4.94. The van der Waals surface area contributed by atoms with Gasteiger partial charge in [-0.2, -0.15) is 13.1 Å². The smallest absolute Gasteiger partial charge is 0.304 e. The van der Waals surface area contributed by atoms with Gasteiger partial charge in [-0.25, -0.2) is 8.70 Å². The van der Waals surface area contributed by atoms with Crippen LogP contribution < -0.4 is 14.3 Å². The second-order valence-corrected chi connectivity index (χ2v) is 10.2. The van der Waals surface area contributed by atoms with Gasteiger partial charge in [0.05, 0.1) is 6.54 Å². The average Bonchev–Trinajstić information content (AvgIpc) is 2.79. The largest absolute Gasteiger partial charge is 0.506 e. The molecule has 1 saturated heterocycles. The number of anilines is 1. The van der Waals surface area contributed by atoms with Crippen LogP contribution in [0.25, 0.3) is 0 Å². The molecule has 0 saturated carbocycles. The molecule has 1 heterocycles. The fraction of sp³-hybridized carbons (Fsp3) is 0.667. The quantitative estimate of drug-likeness (QED) is 0.611. The molecule has 0 aromatic heterocycles. The minimum absolute atomic E-state index is 0.102. The van der Waals surface area contributed by atoms with Gasteiger partial charge in [0.2, 0.25) is 0 Å². The number of hydrogen-bond donors (Lipinski definition) is 4. The molecule has 0 bridgehead atoms. The molecule has 152 valence electrons. The Labute approximate surface area is 159 Å². The summed E-state index contributed by atoms with van der Waals surface area (Å²) in [5.41, 5.74) is 0.946. The van der Waals surface area contributed by atoms with Crippen LogP contribution in [0.15, 0.2) is 6.07 Å². The van der Waals surface area contributed by atoms with Crippen molar-refractivity contribution >= 4 is 15.9 Å². The Morgan fingerprint density at radius 2 is 2.11 bits per heavy atom. The van der Waals surface area contributed by atoms with Crippen molar-refractivity contribution in [3.8, 4) is 5.75 Å². The Balaban J connectivity index is 1.84. The molecular weight excluding hydrogens is 373 g/mol. The van der Waals surface area contributed by atoms with Gasteiger partial charge in [0.15, 0.2) is 5.82 Å². The highest BCUT2D eigenvalue weighted by Gasteiger charge is 2.39. The maximum absolute atomic E-state index is 15.2. The zero-order chi connectivity index (χ0) is 20.0. The molecule has 1 aliphatic carbocycles. The molecule has 27 heavy (non-hydrogen) atoms. The SMILES string of the molecule is CC(C)(C)CCNC1CCc2cc(O)c(N3CC(O)NS3(=O)=O)c(F)c2C1. The number of halogens is 1. The summed E-state index contributed by atoms with van der Waals surface area (Å²) < 4.78 is 42.1. The summed E-state index contributed by atoms with van der Waals surface area (Å²) in [6.45, 7) is 6.97. The van der Waals surface area contributed by atoms with Gasteiger partial charge in [0.25, 0.3) is 0 Å². The van der Waals surface area contributed by atoms with Gasteiger partial charge >= 0.3 is 10.2 Å². The summed E-state index contributed by atoms with van der Waals surface area (Å²) in [5, 5.41) is 23.3. The highest BCUT2D eigenvalue weighted by molar-refractivity contribution is 7.91. The van der Waals surface area contributed by atoms with Crippen LogP contribution in [0, 0.1) is 11.2 Å². The molecule has 0 spiro atoms. The lowest BCUT2D eigenvalue weighted by atomic mass is 9.86. The number of rotatable bonds is 4. The van der Waals surface area contributed by atoms with Crippen LogP contribution >= 0.6 is 0 Å². The molecule has 2 aliphatic rings. The van der Waals surface area contributed by atoms with Crippen molar-refractivity contribution in [3.05, 3.63) is 23.0 Å². The first-order chi connectivity index (χ1) is 12.5. The first-order valence-corrected chi connectivity index (χ1v) is 10.7. The van der Waals surface area contributed by atoms with E-state index in [0.717, 1.165) is 19.4 Å². The Bertz CT molecular complexity index is 823. The minimum atomic E-state index is -4.09. The summed E-state index contributed by atoms with van der Waals surface area (Å²) in [6.07, 6.45) is 1.53. The van der Waals surface area contributed by atoms with Crippen molar-refractivity contribution in [2.45, 2.75) is 58.7 Å². The number of aromatic hydroxyl groups is 1. The Morgan fingerprint density at radius 1 is 1.41 bits per heavy atom. The van der Waals surface area contributed by atoms with E-state index in [1.165, 1.54) is 6.07 Å². The number of fused-ring (bicyclic) bond motifs is 1. The van der Waals surface area contributed by atoms with E-state index in [9.17, 15) is 18.6 Å². The van der Waals surface area contributed by atoms with Crippen molar-refractivity contribution in [2.24, 2.45) is 5.41 Å². The van der Waals surface area contributed by atoms with E-state index >= 15 is 4.39 Å². The lowest BCUT2D eigenvalue weighted by Gasteiger charge is -2.29. The maximum Gasteiger partial charge on any atom is 0.304 e. The number of nitrogens with one attached hydrogen (secondary N) is 2. The zero-order valence-corrected chi connectivity index (χ0v) is 16.7. The normalized spacial score (nSPS) is 24.9. The number of aliphatic hydroxyl groups excluding tert-OH is 1.